The Morgan fingerprint density at radius 2 is 1.67 bits per heavy atom. The van der Waals surface area contributed by atoms with E-state index in [0.29, 0.717) is 10.8 Å². The molecule has 3 rings (SSSR count). The van der Waals surface area contributed by atoms with Crippen molar-refractivity contribution in [2.45, 2.75) is 57.7 Å². The number of rotatable bonds is 7. The van der Waals surface area contributed by atoms with Crippen molar-refractivity contribution >= 4 is 23.0 Å². The summed E-state index contributed by atoms with van der Waals surface area (Å²) in [6.45, 7) is 4.49. The predicted molar refractivity (Wildman–Crippen MR) is 118 cm³/mol. The smallest absolute Gasteiger partial charge is 0.406 e. The van der Waals surface area contributed by atoms with Gasteiger partial charge in [0.2, 0.25) is 0 Å². The minimum absolute atomic E-state index is 0.248. The van der Waals surface area contributed by atoms with Crippen molar-refractivity contribution in [3.8, 4) is 5.75 Å². The molecule has 2 aliphatic rings. The topological polar surface area (TPSA) is 36.5 Å². The van der Waals surface area contributed by atoms with Gasteiger partial charge in [-0.1, -0.05) is 19.3 Å². The first-order valence-corrected chi connectivity index (χ1v) is 11.4. The van der Waals surface area contributed by atoms with Crippen molar-refractivity contribution in [1.82, 2.24) is 10.2 Å². The van der Waals surface area contributed by atoms with Crippen molar-refractivity contribution in [3.05, 3.63) is 24.3 Å². The van der Waals surface area contributed by atoms with E-state index in [4.69, 9.17) is 12.2 Å². The summed E-state index contributed by atoms with van der Waals surface area (Å²) in [6, 6.07) is 5.55. The molecule has 4 nitrogen and oxygen atoms in total. The Hall–Kier alpha value is -1.54. The molecule has 2 fully saturated rings. The summed E-state index contributed by atoms with van der Waals surface area (Å²) in [5, 5.41) is 6.68. The number of hydrogen-bond acceptors (Lipinski definition) is 3. The fourth-order valence-corrected chi connectivity index (χ4v) is 4.72. The quantitative estimate of drug-likeness (QED) is 0.540. The molecule has 0 aromatic heterocycles. The number of alkyl halides is 3. The highest BCUT2D eigenvalue weighted by Gasteiger charge is 2.31. The molecule has 1 aromatic carbocycles. The zero-order valence-electron chi connectivity index (χ0n) is 17.3. The third kappa shape index (κ3) is 8.30. The number of piperidine rings is 1. The Morgan fingerprint density at radius 1 is 1.00 bits per heavy atom. The molecule has 0 unspecified atom stereocenters. The van der Waals surface area contributed by atoms with Crippen molar-refractivity contribution in [2.24, 2.45) is 11.8 Å². The molecule has 1 saturated carbocycles. The van der Waals surface area contributed by atoms with Crippen molar-refractivity contribution < 1.29 is 17.9 Å². The first-order valence-electron chi connectivity index (χ1n) is 11.0. The van der Waals surface area contributed by atoms with E-state index >= 15 is 0 Å². The second-order valence-electron chi connectivity index (χ2n) is 8.49. The third-order valence-corrected chi connectivity index (χ3v) is 6.38. The number of likely N-dealkylation sites (tertiary alicyclic amines) is 1. The summed E-state index contributed by atoms with van der Waals surface area (Å²) in [5.74, 6) is 1.39. The van der Waals surface area contributed by atoms with Crippen molar-refractivity contribution in [1.29, 1.82) is 0 Å². The summed E-state index contributed by atoms with van der Waals surface area (Å²) in [7, 11) is 0. The third-order valence-electron chi connectivity index (χ3n) is 6.13. The van der Waals surface area contributed by atoms with Gasteiger partial charge in [-0.3, -0.25) is 0 Å². The number of ether oxygens (including phenoxy) is 1. The van der Waals surface area contributed by atoms with Crippen LogP contribution in [0.1, 0.15) is 51.4 Å². The fourth-order valence-electron chi connectivity index (χ4n) is 4.50. The number of hydrogen-bond donors (Lipinski definition) is 2. The Morgan fingerprint density at radius 3 is 2.30 bits per heavy atom. The van der Waals surface area contributed by atoms with Crippen LogP contribution in [0, 0.1) is 11.8 Å². The van der Waals surface area contributed by atoms with Crippen LogP contribution in [0.2, 0.25) is 0 Å². The van der Waals surface area contributed by atoms with Gasteiger partial charge in [-0.2, -0.15) is 0 Å². The molecular formula is C22H32F3N3OS. The minimum atomic E-state index is -4.68. The minimum Gasteiger partial charge on any atom is -0.406 e. The van der Waals surface area contributed by atoms with Gasteiger partial charge in [-0.25, -0.2) is 0 Å². The van der Waals surface area contributed by atoms with Crippen LogP contribution >= 0.6 is 12.2 Å². The number of benzene rings is 1. The molecular weight excluding hydrogens is 411 g/mol. The summed E-state index contributed by atoms with van der Waals surface area (Å²) in [4.78, 5) is 2.65. The molecule has 2 N–H and O–H groups in total. The average Bonchev–Trinajstić information content (AvgIpc) is 2.70. The van der Waals surface area contributed by atoms with Crippen LogP contribution in [0.5, 0.6) is 5.75 Å². The molecule has 1 aliphatic heterocycles. The lowest BCUT2D eigenvalue weighted by Crippen LogP contribution is -2.38. The van der Waals surface area contributed by atoms with E-state index in [0.717, 1.165) is 24.8 Å². The van der Waals surface area contributed by atoms with E-state index in [1.54, 1.807) is 0 Å². The maximum absolute atomic E-state index is 12.2. The first kappa shape index (κ1) is 23.1. The SMILES string of the molecule is FC(F)(F)Oc1ccc(NC(=S)NCCC2CCN(CC3CCCCC3)CC2)cc1. The van der Waals surface area contributed by atoms with Crippen LogP contribution < -0.4 is 15.4 Å². The summed E-state index contributed by atoms with van der Waals surface area (Å²) in [6.07, 6.45) is 5.94. The lowest BCUT2D eigenvalue weighted by Gasteiger charge is -2.35. The van der Waals surface area contributed by atoms with Gasteiger partial charge in [0.05, 0.1) is 0 Å². The van der Waals surface area contributed by atoms with Gasteiger partial charge in [0, 0.05) is 18.8 Å². The Bertz CT molecular complexity index is 655. The van der Waals surface area contributed by atoms with Gasteiger partial charge >= 0.3 is 6.36 Å². The maximum Gasteiger partial charge on any atom is 0.573 e. The van der Waals surface area contributed by atoms with Crippen LogP contribution in [0.4, 0.5) is 18.9 Å². The molecule has 0 atom stereocenters. The molecule has 0 radical (unpaired) electrons. The lowest BCUT2D eigenvalue weighted by atomic mass is 9.87. The van der Waals surface area contributed by atoms with E-state index < -0.39 is 6.36 Å². The second-order valence-corrected chi connectivity index (χ2v) is 8.90. The van der Waals surface area contributed by atoms with Gasteiger partial charge in [0.25, 0.3) is 0 Å². The van der Waals surface area contributed by atoms with Crippen LogP contribution in [0.15, 0.2) is 24.3 Å². The fraction of sp³-hybridized carbons (Fsp3) is 0.682. The second kappa shape index (κ2) is 11.2. The van der Waals surface area contributed by atoms with E-state index in [1.807, 2.05) is 0 Å². The molecule has 0 bridgehead atoms. The molecule has 1 aromatic rings. The van der Waals surface area contributed by atoms with Crippen LogP contribution in [-0.2, 0) is 0 Å². The monoisotopic (exact) mass is 443 g/mol. The number of halogens is 3. The number of nitrogens with one attached hydrogen (secondary N) is 2. The summed E-state index contributed by atoms with van der Waals surface area (Å²) >= 11 is 5.29. The van der Waals surface area contributed by atoms with E-state index in [2.05, 4.69) is 20.3 Å². The average molecular weight is 444 g/mol. The van der Waals surface area contributed by atoms with Crippen LogP contribution in [-0.4, -0.2) is 42.6 Å². The standard InChI is InChI=1S/C22H32F3N3OS/c23-22(24,25)29-20-8-6-19(7-9-20)27-21(30)26-13-10-17-11-14-28(15-12-17)16-18-4-2-1-3-5-18/h6-9,17-18H,1-5,10-16H2,(H2,26,27,30). The molecule has 1 aliphatic carbocycles. The van der Waals surface area contributed by atoms with Gasteiger partial charge in [-0.15, -0.1) is 13.2 Å². The van der Waals surface area contributed by atoms with Gasteiger partial charge in [-0.05, 0) is 93.5 Å². The zero-order chi connectivity index (χ0) is 21.4. The molecule has 168 valence electrons. The molecule has 30 heavy (non-hydrogen) atoms. The largest absolute Gasteiger partial charge is 0.573 e. The highest BCUT2D eigenvalue weighted by molar-refractivity contribution is 7.80. The first-order chi connectivity index (χ1) is 14.4. The van der Waals surface area contributed by atoms with Crippen LogP contribution in [0.3, 0.4) is 0 Å². The molecule has 8 heteroatoms. The molecule has 1 saturated heterocycles. The highest BCUT2D eigenvalue weighted by Crippen LogP contribution is 2.27. The Labute approximate surface area is 182 Å². The normalized spacial score (nSPS) is 19.4. The summed E-state index contributed by atoms with van der Waals surface area (Å²) in [5.41, 5.74) is 0.623. The number of thiocarbonyl (C=S) groups is 1. The van der Waals surface area contributed by atoms with Gasteiger partial charge < -0.3 is 20.3 Å². The highest BCUT2D eigenvalue weighted by atomic mass is 32.1. The van der Waals surface area contributed by atoms with E-state index in [1.165, 1.54) is 88.8 Å². The van der Waals surface area contributed by atoms with Crippen LogP contribution in [0.25, 0.3) is 0 Å². The maximum atomic E-state index is 12.2. The summed E-state index contributed by atoms with van der Waals surface area (Å²) < 4.78 is 40.5. The molecule has 0 amide bonds. The lowest BCUT2D eigenvalue weighted by molar-refractivity contribution is -0.274. The Kier molecular flexibility index (Phi) is 8.62. The number of anilines is 1. The molecule has 0 spiro atoms. The van der Waals surface area contributed by atoms with E-state index in [-0.39, 0.29) is 5.75 Å². The molecule has 1 heterocycles. The van der Waals surface area contributed by atoms with E-state index in [9.17, 15) is 13.2 Å². The number of nitrogens with zero attached hydrogens (tertiary/aromatic N) is 1. The van der Waals surface area contributed by atoms with Crippen molar-refractivity contribution in [2.75, 3.05) is 31.5 Å². The van der Waals surface area contributed by atoms with Crippen molar-refractivity contribution in [3.63, 3.8) is 0 Å². The zero-order valence-corrected chi connectivity index (χ0v) is 18.2. The van der Waals surface area contributed by atoms with Gasteiger partial charge in [0.15, 0.2) is 5.11 Å². The Balaban J connectivity index is 1.28. The predicted octanol–water partition coefficient (Wildman–Crippen LogP) is 5.55. The van der Waals surface area contributed by atoms with Gasteiger partial charge in [0.1, 0.15) is 5.75 Å².